The fourth-order valence-corrected chi connectivity index (χ4v) is 3.50. The monoisotopic (exact) mass is 307 g/mol. The lowest BCUT2D eigenvalue weighted by Gasteiger charge is -2.13. The molecule has 0 aliphatic carbocycles. The molecule has 1 N–H and O–H groups in total. The van der Waals surface area contributed by atoms with Gasteiger partial charge < -0.3 is 0 Å². The van der Waals surface area contributed by atoms with Crippen molar-refractivity contribution in [2.75, 3.05) is 4.72 Å². The second-order valence-electron chi connectivity index (χ2n) is 3.58. The molecular weight excluding hydrogens is 299 g/mol. The van der Waals surface area contributed by atoms with Gasteiger partial charge in [0.1, 0.15) is 4.21 Å². The van der Waals surface area contributed by atoms with E-state index < -0.39 is 27.5 Å². The van der Waals surface area contributed by atoms with Crippen molar-refractivity contribution < 1.29 is 21.6 Å². The molecule has 0 unspecified atom stereocenters. The van der Waals surface area contributed by atoms with E-state index in [0.717, 1.165) is 23.5 Å². The van der Waals surface area contributed by atoms with Crippen molar-refractivity contribution in [3.63, 3.8) is 0 Å². The summed E-state index contributed by atoms with van der Waals surface area (Å²) >= 11 is 0.931. The number of hydrogen-bond acceptors (Lipinski definition) is 3. The Labute approximate surface area is 111 Å². The molecule has 102 valence electrons. The second-order valence-corrected chi connectivity index (χ2v) is 6.44. The smallest absolute Gasteiger partial charge is 0.278 e. The first-order valence-electron chi connectivity index (χ1n) is 5.03. The summed E-state index contributed by atoms with van der Waals surface area (Å²) in [5.74, 6) is 0. The summed E-state index contributed by atoms with van der Waals surface area (Å²) in [6.45, 7) is 0. The Balaban J connectivity index is 2.40. The molecule has 2 rings (SSSR count). The molecule has 0 fully saturated rings. The summed E-state index contributed by atoms with van der Waals surface area (Å²) in [5, 5.41) is 1.53. The van der Waals surface area contributed by atoms with Crippen molar-refractivity contribution >= 4 is 27.0 Å². The highest BCUT2D eigenvalue weighted by Gasteiger charge is 2.34. The molecule has 8 heteroatoms. The summed E-state index contributed by atoms with van der Waals surface area (Å²) in [5.41, 5.74) is -1.50. The summed E-state index contributed by atoms with van der Waals surface area (Å²) < 4.78 is 63.9. The van der Waals surface area contributed by atoms with Crippen LogP contribution in [0.15, 0.2) is 46.0 Å². The number of anilines is 1. The first kappa shape index (κ1) is 13.9. The largest absolute Gasteiger partial charge is 0.418 e. The lowest BCUT2D eigenvalue weighted by molar-refractivity contribution is -0.136. The third-order valence-corrected chi connectivity index (χ3v) is 5.00. The number of rotatable bonds is 3. The Kier molecular flexibility index (Phi) is 3.55. The molecular formula is C11H8F3NO2S2. The van der Waals surface area contributed by atoms with E-state index in [1.54, 1.807) is 0 Å². The van der Waals surface area contributed by atoms with E-state index in [0.29, 0.717) is 0 Å². The standard InChI is InChI=1S/C11H8F3NO2S2/c12-11(13,14)8-4-1-2-5-9(8)15-19(16,17)10-6-3-7-18-10/h1-7,15H. The quantitative estimate of drug-likeness (QED) is 0.942. The van der Waals surface area contributed by atoms with Crippen LogP contribution in [-0.2, 0) is 16.2 Å². The lowest BCUT2D eigenvalue weighted by atomic mass is 10.2. The Morgan fingerprint density at radius 1 is 1.05 bits per heavy atom. The predicted octanol–water partition coefficient (Wildman–Crippen LogP) is 3.57. The van der Waals surface area contributed by atoms with Crippen LogP contribution in [0.2, 0.25) is 0 Å². The zero-order valence-corrected chi connectivity index (χ0v) is 10.9. The molecule has 0 saturated carbocycles. The third-order valence-electron chi connectivity index (χ3n) is 2.24. The van der Waals surface area contributed by atoms with Gasteiger partial charge in [-0.05, 0) is 23.6 Å². The molecule has 0 atom stereocenters. The van der Waals surface area contributed by atoms with Crippen LogP contribution in [0, 0.1) is 0 Å². The van der Waals surface area contributed by atoms with Crippen molar-refractivity contribution in [1.82, 2.24) is 0 Å². The Hall–Kier alpha value is -1.54. The average Bonchev–Trinajstić information content (AvgIpc) is 2.81. The van der Waals surface area contributed by atoms with Gasteiger partial charge in [0.25, 0.3) is 10.0 Å². The fraction of sp³-hybridized carbons (Fsp3) is 0.0909. The van der Waals surface area contributed by atoms with E-state index in [9.17, 15) is 21.6 Å². The summed E-state index contributed by atoms with van der Waals surface area (Å²) in [4.78, 5) is 0. The highest BCUT2D eigenvalue weighted by molar-refractivity contribution is 7.94. The van der Waals surface area contributed by atoms with Crippen LogP contribution in [-0.4, -0.2) is 8.42 Å². The highest BCUT2D eigenvalue weighted by Crippen LogP contribution is 2.35. The average molecular weight is 307 g/mol. The van der Waals surface area contributed by atoms with Crippen LogP contribution < -0.4 is 4.72 Å². The Morgan fingerprint density at radius 3 is 2.32 bits per heavy atom. The molecule has 1 aromatic carbocycles. The van der Waals surface area contributed by atoms with Gasteiger partial charge in [-0.1, -0.05) is 18.2 Å². The minimum Gasteiger partial charge on any atom is -0.278 e. The third kappa shape index (κ3) is 3.07. The number of para-hydroxylation sites is 1. The highest BCUT2D eigenvalue weighted by atomic mass is 32.2. The maximum atomic E-state index is 12.7. The van der Waals surface area contributed by atoms with Gasteiger partial charge in [-0.25, -0.2) is 8.42 Å². The van der Waals surface area contributed by atoms with E-state index in [1.807, 2.05) is 4.72 Å². The van der Waals surface area contributed by atoms with E-state index in [2.05, 4.69) is 0 Å². The van der Waals surface area contributed by atoms with Gasteiger partial charge in [-0.3, -0.25) is 4.72 Å². The molecule has 1 heterocycles. The van der Waals surface area contributed by atoms with E-state index in [1.165, 1.54) is 29.6 Å². The summed E-state index contributed by atoms with van der Waals surface area (Å²) in [6, 6.07) is 7.27. The van der Waals surface area contributed by atoms with Gasteiger partial charge in [0.2, 0.25) is 0 Å². The maximum Gasteiger partial charge on any atom is 0.418 e. The van der Waals surface area contributed by atoms with Crippen molar-refractivity contribution in [2.24, 2.45) is 0 Å². The number of alkyl halides is 3. The minimum absolute atomic E-state index is 0.0375. The molecule has 0 bridgehead atoms. The van der Waals surface area contributed by atoms with Crippen molar-refractivity contribution in [3.05, 3.63) is 47.3 Å². The maximum absolute atomic E-state index is 12.7. The number of thiophene rings is 1. The normalized spacial score (nSPS) is 12.4. The Morgan fingerprint density at radius 2 is 1.74 bits per heavy atom. The molecule has 0 saturated heterocycles. The SMILES string of the molecule is O=S(=O)(Nc1ccccc1C(F)(F)F)c1cccs1. The fourth-order valence-electron chi connectivity index (χ4n) is 1.43. The van der Waals surface area contributed by atoms with Crippen molar-refractivity contribution in [1.29, 1.82) is 0 Å². The van der Waals surface area contributed by atoms with E-state index >= 15 is 0 Å². The topological polar surface area (TPSA) is 46.2 Å². The van der Waals surface area contributed by atoms with Crippen LogP contribution >= 0.6 is 11.3 Å². The van der Waals surface area contributed by atoms with Gasteiger partial charge >= 0.3 is 6.18 Å². The molecule has 1 aromatic heterocycles. The number of hydrogen-bond donors (Lipinski definition) is 1. The van der Waals surface area contributed by atoms with E-state index in [4.69, 9.17) is 0 Å². The van der Waals surface area contributed by atoms with Gasteiger partial charge in [-0.2, -0.15) is 13.2 Å². The zero-order chi connectivity index (χ0) is 14.1. The lowest BCUT2D eigenvalue weighted by Crippen LogP contribution is -2.16. The molecule has 3 nitrogen and oxygen atoms in total. The number of benzene rings is 1. The number of sulfonamides is 1. The van der Waals surface area contributed by atoms with Crippen molar-refractivity contribution in [3.8, 4) is 0 Å². The van der Waals surface area contributed by atoms with Crippen LogP contribution in [0.5, 0.6) is 0 Å². The second kappa shape index (κ2) is 4.86. The first-order chi connectivity index (χ1) is 8.81. The van der Waals surface area contributed by atoms with Gasteiger partial charge in [0.05, 0.1) is 11.3 Å². The molecule has 2 aromatic rings. The molecule has 0 aliphatic heterocycles. The number of nitrogens with one attached hydrogen (secondary N) is 1. The van der Waals surface area contributed by atoms with Crippen LogP contribution in [0.4, 0.5) is 18.9 Å². The van der Waals surface area contributed by atoms with Gasteiger partial charge in [0, 0.05) is 0 Å². The molecule has 19 heavy (non-hydrogen) atoms. The number of halogens is 3. The molecule has 0 radical (unpaired) electrons. The Bertz CT molecular complexity index is 663. The van der Waals surface area contributed by atoms with Crippen molar-refractivity contribution in [2.45, 2.75) is 10.4 Å². The zero-order valence-electron chi connectivity index (χ0n) is 9.31. The summed E-state index contributed by atoms with van der Waals surface area (Å²) in [6.07, 6.45) is -4.62. The predicted molar refractivity (Wildman–Crippen MR) is 66.6 cm³/mol. The van der Waals surface area contributed by atoms with Crippen LogP contribution in [0.25, 0.3) is 0 Å². The van der Waals surface area contributed by atoms with Crippen LogP contribution in [0.3, 0.4) is 0 Å². The minimum atomic E-state index is -4.62. The van der Waals surface area contributed by atoms with Gasteiger partial charge in [-0.15, -0.1) is 11.3 Å². The first-order valence-corrected chi connectivity index (χ1v) is 7.39. The molecule has 0 spiro atoms. The molecule has 0 amide bonds. The van der Waals surface area contributed by atoms with Crippen LogP contribution in [0.1, 0.15) is 5.56 Å². The molecule has 0 aliphatic rings. The van der Waals surface area contributed by atoms with Gasteiger partial charge in [0.15, 0.2) is 0 Å². The summed E-state index contributed by atoms with van der Waals surface area (Å²) in [7, 11) is -3.98. The van der Waals surface area contributed by atoms with E-state index in [-0.39, 0.29) is 4.21 Å².